The van der Waals surface area contributed by atoms with Crippen molar-refractivity contribution in [1.29, 1.82) is 0 Å². The maximum absolute atomic E-state index is 10.6. The molecule has 2 rings (SSSR count). The maximum atomic E-state index is 10.6. The van der Waals surface area contributed by atoms with Crippen molar-refractivity contribution in [3.8, 4) is 23.0 Å². The van der Waals surface area contributed by atoms with Crippen molar-refractivity contribution < 1.29 is 28.8 Å². The average molecular weight is 374 g/mol. The molecule has 0 atom stereocenters. The molecule has 0 aliphatic carbocycles. The zero-order chi connectivity index (χ0) is 19.6. The van der Waals surface area contributed by atoms with Gasteiger partial charge < -0.3 is 29.5 Å². The Hall–Kier alpha value is -3.42. The van der Waals surface area contributed by atoms with E-state index < -0.39 is 12.6 Å². The van der Waals surface area contributed by atoms with E-state index in [0.29, 0.717) is 29.5 Å². The van der Waals surface area contributed by atoms with E-state index in [-0.39, 0.29) is 0 Å². The molecule has 8 heteroatoms. The maximum Gasteiger partial charge on any atom is 0.341 e. The molecule has 27 heavy (non-hydrogen) atoms. The number of hydrogen-bond acceptors (Lipinski definition) is 7. The number of methoxy groups -OCH3 is 3. The Labute approximate surface area is 157 Å². The van der Waals surface area contributed by atoms with Crippen molar-refractivity contribution in [2.75, 3.05) is 27.9 Å². The Balaban J connectivity index is 1.97. The quantitative estimate of drug-likeness (QED) is 0.486. The molecule has 2 aromatic rings. The van der Waals surface area contributed by atoms with E-state index in [0.717, 1.165) is 11.1 Å². The molecule has 2 N–H and O–H groups in total. The lowest BCUT2D eigenvalue weighted by molar-refractivity contribution is -0.139. The molecule has 0 aromatic heterocycles. The summed E-state index contributed by atoms with van der Waals surface area (Å²) in [6, 6.07) is 10.7. The molecule has 0 amide bonds. The first kappa shape index (κ1) is 19.9. The van der Waals surface area contributed by atoms with E-state index in [1.807, 2.05) is 18.2 Å². The van der Waals surface area contributed by atoms with Crippen molar-refractivity contribution >= 4 is 12.2 Å². The van der Waals surface area contributed by atoms with Crippen LogP contribution >= 0.6 is 0 Å². The molecule has 0 fully saturated rings. The van der Waals surface area contributed by atoms with Gasteiger partial charge in [-0.15, -0.1) is 0 Å². The molecule has 0 saturated heterocycles. The van der Waals surface area contributed by atoms with E-state index >= 15 is 0 Å². The summed E-state index contributed by atoms with van der Waals surface area (Å²) in [7, 11) is 4.66. The average Bonchev–Trinajstić information content (AvgIpc) is 2.69. The van der Waals surface area contributed by atoms with Gasteiger partial charge in [-0.1, -0.05) is 6.07 Å². The third-order valence-corrected chi connectivity index (χ3v) is 3.57. The molecule has 0 unspecified atom stereocenters. The van der Waals surface area contributed by atoms with Crippen LogP contribution in [0.4, 0.5) is 0 Å². The van der Waals surface area contributed by atoms with Crippen molar-refractivity contribution in [3.05, 3.63) is 47.5 Å². The summed E-state index contributed by atoms with van der Waals surface area (Å²) in [5.41, 5.74) is 4.71. The standard InChI is InChI=1S/C19H22N2O6/c1-24-15-6-4-13(8-17(15)25-2)10-20-21-11-14-5-7-16(18(9-14)26-3)27-12-19(22)23/h4-9,11,20H,10,12H2,1-3H3,(H,22,23)/b21-11-. The first-order valence-electron chi connectivity index (χ1n) is 8.06. The third-order valence-electron chi connectivity index (χ3n) is 3.57. The number of ether oxygens (including phenoxy) is 4. The lowest BCUT2D eigenvalue weighted by Crippen LogP contribution is -2.10. The highest BCUT2D eigenvalue weighted by Gasteiger charge is 2.07. The molecule has 0 spiro atoms. The molecule has 2 aromatic carbocycles. The third kappa shape index (κ3) is 5.81. The van der Waals surface area contributed by atoms with Crippen molar-refractivity contribution in [3.63, 3.8) is 0 Å². The van der Waals surface area contributed by atoms with Gasteiger partial charge in [-0.05, 0) is 41.5 Å². The van der Waals surface area contributed by atoms with Gasteiger partial charge in [-0.2, -0.15) is 5.10 Å². The Kier molecular flexibility index (Phi) is 7.30. The SMILES string of the molecule is COc1ccc(CN/N=C\c2ccc(OCC(=O)O)c(OC)c2)cc1OC. The van der Waals surface area contributed by atoms with Gasteiger partial charge in [0.25, 0.3) is 0 Å². The normalized spacial score (nSPS) is 10.5. The number of aliphatic carboxylic acids is 1. The Morgan fingerprint density at radius 3 is 2.33 bits per heavy atom. The van der Waals surface area contributed by atoms with Gasteiger partial charge in [-0.3, -0.25) is 0 Å². The minimum Gasteiger partial charge on any atom is -0.493 e. The Morgan fingerprint density at radius 2 is 1.67 bits per heavy atom. The highest BCUT2D eigenvalue weighted by Crippen LogP contribution is 2.28. The van der Waals surface area contributed by atoms with Crippen molar-refractivity contribution in [1.82, 2.24) is 5.43 Å². The van der Waals surface area contributed by atoms with Crippen LogP contribution in [0.25, 0.3) is 0 Å². The van der Waals surface area contributed by atoms with Crippen LogP contribution in [0.5, 0.6) is 23.0 Å². The van der Waals surface area contributed by atoms with Gasteiger partial charge in [0.1, 0.15) is 0 Å². The fourth-order valence-electron chi connectivity index (χ4n) is 2.27. The minimum atomic E-state index is -1.05. The van der Waals surface area contributed by atoms with Gasteiger partial charge in [0, 0.05) is 0 Å². The number of hydrazone groups is 1. The van der Waals surface area contributed by atoms with Crippen LogP contribution in [-0.2, 0) is 11.3 Å². The molecular weight excluding hydrogens is 352 g/mol. The largest absolute Gasteiger partial charge is 0.493 e. The summed E-state index contributed by atoms with van der Waals surface area (Å²) < 4.78 is 20.9. The number of nitrogens with zero attached hydrogens (tertiary/aromatic N) is 1. The molecule has 0 radical (unpaired) electrons. The minimum absolute atomic E-state index is 0.357. The second kappa shape index (κ2) is 9.91. The number of carboxylic acid groups (broad SMARTS) is 1. The summed E-state index contributed by atoms with van der Waals surface area (Å²) in [5.74, 6) is 1.06. The lowest BCUT2D eigenvalue weighted by atomic mass is 10.2. The zero-order valence-electron chi connectivity index (χ0n) is 15.4. The molecule has 8 nitrogen and oxygen atoms in total. The van der Waals surface area contributed by atoms with Crippen LogP contribution in [-0.4, -0.2) is 45.2 Å². The fraction of sp³-hybridized carbons (Fsp3) is 0.263. The number of hydrogen-bond donors (Lipinski definition) is 2. The highest BCUT2D eigenvalue weighted by molar-refractivity contribution is 5.80. The number of carboxylic acids is 1. The van der Waals surface area contributed by atoms with Crippen molar-refractivity contribution in [2.24, 2.45) is 5.10 Å². The van der Waals surface area contributed by atoms with E-state index in [9.17, 15) is 4.79 Å². The smallest absolute Gasteiger partial charge is 0.341 e. The molecule has 144 valence electrons. The topological polar surface area (TPSA) is 98.6 Å². The fourth-order valence-corrected chi connectivity index (χ4v) is 2.27. The highest BCUT2D eigenvalue weighted by atomic mass is 16.5. The predicted molar refractivity (Wildman–Crippen MR) is 100 cm³/mol. The van der Waals surface area contributed by atoms with Gasteiger partial charge in [0.15, 0.2) is 29.6 Å². The second-order valence-corrected chi connectivity index (χ2v) is 5.38. The second-order valence-electron chi connectivity index (χ2n) is 5.38. The van der Waals surface area contributed by atoms with Crippen LogP contribution in [0.1, 0.15) is 11.1 Å². The number of benzene rings is 2. The molecule has 0 aliphatic heterocycles. The number of nitrogens with one attached hydrogen (secondary N) is 1. The lowest BCUT2D eigenvalue weighted by Gasteiger charge is -2.10. The van der Waals surface area contributed by atoms with E-state index in [4.69, 9.17) is 24.1 Å². The number of carbonyl (C=O) groups is 1. The van der Waals surface area contributed by atoms with Gasteiger partial charge in [0.2, 0.25) is 0 Å². The number of rotatable bonds is 10. The first-order valence-corrected chi connectivity index (χ1v) is 8.06. The van der Waals surface area contributed by atoms with E-state index in [1.165, 1.54) is 7.11 Å². The Morgan fingerprint density at radius 1 is 1.00 bits per heavy atom. The summed E-state index contributed by atoms with van der Waals surface area (Å²) in [6.07, 6.45) is 1.63. The molecule has 0 bridgehead atoms. The summed E-state index contributed by atoms with van der Waals surface area (Å²) >= 11 is 0. The summed E-state index contributed by atoms with van der Waals surface area (Å²) in [4.78, 5) is 10.6. The predicted octanol–water partition coefficient (Wildman–Crippen LogP) is 2.30. The molecule has 0 saturated carbocycles. The van der Waals surface area contributed by atoms with Gasteiger partial charge in [-0.25, -0.2) is 4.79 Å². The monoisotopic (exact) mass is 374 g/mol. The van der Waals surface area contributed by atoms with E-state index in [2.05, 4.69) is 10.5 Å². The van der Waals surface area contributed by atoms with Crippen LogP contribution in [0.2, 0.25) is 0 Å². The van der Waals surface area contributed by atoms with Crippen molar-refractivity contribution in [2.45, 2.75) is 6.54 Å². The van der Waals surface area contributed by atoms with Gasteiger partial charge in [0.05, 0.1) is 34.1 Å². The molecule has 0 heterocycles. The first-order chi connectivity index (χ1) is 13.1. The van der Waals surface area contributed by atoms with Gasteiger partial charge >= 0.3 is 5.97 Å². The summed E-state index contributed by atoms with van der Waals surface area (Å²) in [6.45, 7) is 0.0739. The Bertz CT molecular complexity index is 807. The molecule has 0 aliphatic rings. The molecular formula is C19H22N2O6. The van der Waals surface area contributed by atoms with Crippen LogP contribution < -0.4 is 24.4 Å². The summed E-state index contributed by atoms with van der Waals surface area (Å²) in [5, 5.41) is 12.9. The van der Waals surface area contributed by atoms with Crippen LogP contribution in [0, 0.1) is 0 Å². The van der Waals surface area contributed by atoms with Crippen LogP contribution in [0.3, 0.4) is 0 Å². The zero-order valence-corrected chi connectivity index (χ0v) is 15.4. The van der Waals surface area contributed by atoms with E-state index in [1.54, 1.807) is 38.6 Å². The van der Waals surface area contributed by atoms with Crippen LogP contribution in [0.15, 0.2) is 41.5 Å².